The van der Waals surface area contributed by atoms with Crippen LogP contribution in [0.25, 0.3) is 0 Å². The van der Waals surface area contributed by atoms with Crippen LogP contribution in [-0.2, 0) is 5.60 Å². The molecule has 2 bridgehead atoms. The van der Waals surface area contributed by atoms with Gasteiger partial charge in [0.25, 0.3) is 0 Å². The molecular weight excluding hydrogens is 276 g/mol. The van der Waals surface area contributed by atoms with E-state index in [9.17, 15) is 5.11 Å². The Balaban J connectivity index is 1.72. The maximum atomic E-state index is 11.2. The fourth-order valence-corrected chi connectivity index (χ4v) is 3.96. The summed E-state index contributed by atoms with van der Waals surface area (Å²) in [5, 5.41) is 19.7. The summed E-state index contributed by atoms with van der Waals surface area (Å²) in [5.41, 5.74) is 0.276. The van der Waals surface area contributed by atoms with E-state index in [0.717, 1.165) is 24.2 Å². The Morgan fingerprint density at radius 2 is 1.91 bits per heavy atom. The summed E-state index contributed by atoms with van der Waals surface area (Å²) in [6.07, 6.45) is 5.67. The van der Waals surface area contributed by atoms with Gasteiger partial charge in [0, 0.05) is 12.1 Å². The number of nitrogens with zero attached hydrogens (tertiary/aromatic N) is 2. The molecule has 0 aliphatic carbocycles. The molecule has 1 aromatic carbocycles. The molecule has 0 spiro atoms. The van der Waals surface area contributed by atoms with Crippen LogP contribution in [0.2, 0.25) is 0 Å². The number of benzene rings is 1. The molecule has 2 fully saturated rings. The van der Waals surface area contributed by atoms with Gasteiger partial charge in [0.05, 0.1) is 18.1 Å². The number of aliphatic hydroxyl groups is 1. The monoisotopic (exact) mass is 300 g/mol. The highest BCUT2D eigenvalue weighted by Crippen LogP contribution is 2.43. The van der Waals surface area contributed by atoms with E-state index in [2.05, 4.69) is 18.0 Å². The van der Waals surface area contributed by atoms with Crippen molar-refractivity contribution in [1.82, 2.24) is 4.90 Å². The van der Waals surface area contributed by atoms with Crippen LogP contribution in [0.5, 0.6) is 5.75 Å². The van der Waals surface area contributed by atoms with E-state index in [0.29, 0.717) is 25.1 Å². The molecular formula is C18H24N2O2. The van der Waals surface area contributed by atoms with Gasteiger partial charge in [-0.2, -0.15) is 5.26 Å². The van der Waals surface area contributed by atoms with Crippen LogP contribution in [0, 0.1) is 11.3 Å². The Morgan fingerprint density at radius 3 is 2.50 bits per heavy atom. The predicted octanol–water partition coefficient (Wildman–Crippen LogP) is 2.81. The summed E-state index contributed by atoms with van der Waals surface area (Å²) in [7, 11) is 2.19. The molecule has 3 rings (SSSR count). The standard InChI is InChI=1S/C18H24N2O2/c1-20-15-4-2-5-16(20)13-18(21,12-15)14-6-8-17(9-7-14)22-11-3-10-19/h6-9,15-16,21H,2-5,11-13H2,1H3. The summed E-state index contributed by atoms with van der Waals surface area (Å²) in [6, 6.07) is 10.8. The van der Waals surface area contributed by atoms with Crippen LogP contribution in [0.3, 0.4) is 0 Å². The molecule has 0 amide bonds. The molecule has 2 heterocycles. The normalized spacial score (nSPS) is 31.5. The summed E-state index contributed by atoms with van der Waals surface area (Å²) in [6.45, 7) is 0.412. The number of fused-ring (bicyclic) bond motifs is 2. The Morgan fingerprint density at radius 1 is 1.27 bits per heavy atom. The number of ether oxygens (including phenoxy) is 1. The average Bonchev–Trinajstić information content (AvgIpc) is 2.50. The van der Waals surface area contributed by atoms with Gasteiger partial charge in [-0.1, -0.05) is 18.6 Å². The molecule has 118 valence electrons. The van der Waals surface area contributed by atoms with Crippen molar-refractivity contribution in [1.29, 1.82) is 5.26 Å². The van der Waals surface area contributed by atoms with Gasteiger partial charge >= 0.3 is 0 Å². The summed E-state index contributed by atoms with van der Waals surface area (Å²) in [4.78, 5) is 2.46. The summed E-state index contributed by atoms with van der Waals surface area (Å²) >= 11 is 0. The number of piperidine rings is 2. The zero-order valence-corrected chi connectivity index (χ0v) is 13.2. The second-order valence-electron chi connectivity index (χ2n) is 6.62. The molecule has 0 saturated carbocycles. The van der Waals surface area contributed by atoms with Crippen molar-refractivity contribution in [2.24, 2.45) is 0 Å². The number of rotatable bonds is 4. The minimum Gasteiger partial charge on any atom is -0.493 e. The molecule has 1 aromatic rings. The Labute approximate surface area is 132 Å². The first-order valence-electron chi connectivity index (χ1n) is 8.17. The summed E-state index contributed by atoms with van der Waals surface area (Å²) < 4.78 is 5.50. The van der Waals surface area contributed by atoms with E-state index < -0.39 is 5.60 Å². The van der Waals surface area contributed by atoms with Gasteiger partial charge in [-0.15, -0.1) is 0 Å². The van der Waals surface area contributed by atoms with Gasteiger partial charge in [0.1, 0.15) is 12.4 Å². The van der Waals surface area contributed by atoms with E-state index in [1.807, 2.05) is 24.3 Å². The second kappa shape index (κ2) is 6.28. The van der Waals surface area contributed by atoms with Crippen molar-refractivity contribution >= 4 is 0 Å². The fourth-order valence-electron chi connectivity index (χ4n) is 3.96. The number of hydrogen-bond acceptors (Lipinski definition) is 4. The van der Waals surface area contributed by atoms with Crippen LogP contribution in [-0.4, -0.2) is 35.7 Å². The van der Waals surface area contributed by atoms with Crippen molar-refractivity contribution in [2.75, 3.05) is 13.7 Å². The maximum absolute atomic E-state index is 11.2. The van der Waals surface area contributed by atoms with Gasteiger partial charge in [-0.3, -0.25) is 0 Å². The summed E-state index contributed by atoms with van der Waals surface area (Å²) in [5.74, 6) is 0.760. The largest absolute Gasteiger partial charge is 0.493 e. The van der Waals surface area contributed by atoms with Crippen molar-refractivity contribution < 1.29 is 9.84 Å². The first kappa shape index (κ1) is 15.3. The third kappa shape index (κ3) is 2.97. The lowest BCUT2D eigenvalue weighted by Crippen LogP contribution is -2.55. The van der Waals surface area contributed by atoms with Gasteiger partial charge in [-0.25, -0.2) is 0 Å². The van der Waals surface area contributed by atoms with E-state index in [1.54, 1.807) is 0 Å². The lowest BCUT2D eigenvalue weighted by atomic mass is 9.73. The van der Waals surface area contributed by atoms with Crippen molar-refractivity contribution in [3.8, 4) is 11.8 Å². The molecule has 0 aromatic heterocycles. The SMILES string of the molecule is CN1C2CCCC1CC(O)(c1ccc(OCCC#N)cc1)C2. The van der Waals surface area contributed by atoms with E-state index >= 15 is 0 Å². The molecule has 0 radical (unpaired) electrons. The first-order valence-corrected chi connectivity index (χ1v) is 8.17. The second-order valence-corrected chi connectivity index (χ2v) is 6.62. The van der Waals surface area contributed by atoms with Crippen LogP contribution >= 0.6 is 0 Å². The molecule has 4 heteroatoms. The average molecular weight is 300 g/mol. The highest BCUT2D eigenvalue weighted by molar-refractivity contribution is 5.32. The van der Waals surface area contributed by atoms with Crippen LogP contribution in [0.15, 0.2) is 24.3 Å². The third-order valence-corrected chi connectivity index (χ3v) is 5.25. The molecule has 1 N–H and O–H groups in total. The quantitative estimate of drug-likeness (QED) is 0.869. The van der Waals surface area contributed by atoms with Crippen molar-refractivity contribution in [3.63, 3.8) is 0 Å². The van der Waals surface area contributed by atoms with E-state index in [-0.39, 0.29) is 0 Å². The smallest absolute Gasteiger partial charge is 0.119 e. The van der Waals surface area contributed by atoms with Gasteiger partial charge < -0.3 is 14.7 Å². The van der Waals surface area contributed by atoms with Gasteiger partial charge in [0.15, 0.2) is 0 Å². The highest BCUT2D eigenvalue weighted by atomic mass is 16.5. The number of hydrogen-bond donors (Lipinski definition) is 1. The van der Waals surface area contributed by atoms with Crippen molar-refractivity contribution in [3.05, 3.63) is 29.8 Å². The lowest BCUT2D eigenvalue weighted by molar-refractivity contribution is -0.0874. The zero-order valence-electron chi connectivity index (χ0n) is 13.2. The highest BCUT2D eigenvalue weighted by Gasteiger charge is 2.44. The minimum atomic E-state index is -0.715. The molecule has 2 saturated heterocycles. The molecule has 22 heavy (non-hydrogen) atoms. The van der Waals surface area contributed by atoms with Crippen LogP contribution < -0.4 is 4.74 Å². The fraction of sp³-hybridized carbons (Fsp3) is 0.611. The van der Waals surface area contributed by atoms with Crippen LogP contribution in [0.4, 0.5) is 0 Å². The Hall–Kier alpha value is -1.57. The van der Waals surface area contributed by atoms with Crippen LogP contribution in [0.1, 0.15) is 44.1 Å². The third-order valence-electron chi connectivity index (χ3n) is 5.25. The molecule has 2 atom stereocenters. The molecule has 2 aliphatic heterocycles. The Bertz CT molecular complexity index is 535. The molecule has 2 unspecified atom stereocenters. The topological polar surface area (TPSA) is 56.5 Å². The van der Waals surface area contributed by atoms with Gasteiger partial charge in [-0.05, 0) is 50.4 Å². The minimum absolute atomic E-state index is 0.390. The van der Waals surface area contributed by atoms with E-state index in [4.69, 9.17) is 10.00 Å². The first-order chi connectivity index (χ1) is 10.6. The lowest BCUT2D eigenvalue weighted by Gasteiger charge is -2.50. The molecule has 2 aliphatic rings. The van der Waals surface area contributed by atoms with Gasteiger partial charge in [0.2, 0.25) is 0 Å². The maximum Gasteiger partial charge on any atom is 0.119 e. The zero-order chi connectivity index (χ0) is 15.6. The Kier molecular flexibility index (Phi) is 4.37. The van der Waals surface area contributed by atoms with E-state index in [1.165, 1.54) is 19.3 Å². The predicted molar refractivity (Wildman–Crippen MR) is 84.5 cm³/mol. The van der Waals surface area contributed by atoms with Crippen molar-refractivity contribution in [2.45, 2.75) is 56.2 Å². The molecule has 4 nitrogen and oxygen atoms in total. The number of nitriles is 1.